The van der Waals surface area contributed by atoms with Gasteiger partial charge in [0.15, 0.2) is 0 Å². The lowest BCUT2D eigenvalue weighted by Gasteiger charge is -2.34. The minimum atomic E-state index is -3.61. The molecule has 1 aromatic carbocycles. The number of nitrogens with zero attached hydrogens (tertiary/aromatic N) is 2. The third-order valence-corrected chi connectivity index (χ3v) is 7.32. The van der Waals surface area contributed by atoms with Crippen molar-refractivity contribution in [3.63, 3.8) is 0 Å². The SMILES string of the molecule is Cc1nc(CNC(=O)c2cccc(S(=O)(=O)N3CC(C)CC(C)C3)c2)cs1. The smallest absolute Gasteiger partial charge is 0.251 e. The first kappa shape index (κ1) is 20.0. The summed E-state index contributed by atoms with van der Waals surface area (Å²) in [6.45, 7) is 7.41. The molecule has 27 heavy (non-hydrogen) atoms. The molecule has 1 fully saturated rings. The maximum atomic E-state index is 13.0. The molecule has 8 heteroatoms. The van der Waals surface area contributed by atoms with Gasteiger partial charge in [0.25, 0.3) is 5.91 Å². The summed E-state index contributed by atoms with van der Waals surface area (Å²) in [6, 6.07) is 6.26. The zero-order chi connectivity index (χ0) is 19.6. The molecule has 1 saturated heterocycles. The van der Waals surface area contributed by atoms with E-state index >= 15 is 0 Å². The van der Waals surface area contributed by atoms with Crippen LogP contribution in [0.5, 0.6) is 0 Å². The van der Waals surface area contributed by atoms with E-state index in [4.69, 9.17) is 0 Å². The number of rotatable bonds is 5. The predicted molar refractivity (Wildman–Crippen MR) is 106 cm³/mol. The van der Waals surface area contributed by atoms with E-state index in [0.29, 0.717) is 37.0 Å². The van der Waals surface area contributed by atoms with Crippen molar-refractivity contribution < 1.29 is 13.2 Å². The Morgan fingerprint density at radius 2 is 2.00 bits per heavy atom. The summed E-state index contributed by atoms with van der Waals surface area (Å²) in [5.74, 6) is 0.353. The number of aromatic nitrogens is 1. The zero-order valence-electron chi connectivity index (χ0n) is 15.8. The molecule has 1 aliphatic heterocycles. The number of nitrogens with one attached hydrogen (secondary N) is 1. The van der Waals surface area contributed by atoms with Gasteiger partial charge in [0.2, 0.25) is 10.0 Å². The lowest BCUT2D eigenvalue weighted by atomic mass is 9.94. The van der Waals surface area contributed by atoms with Crippen molar-refractivity contribution in [2.24, 2.45) is 11.8 Å². The molecule has 2 heterocycles. The molecule has 2 atom stereocenters. The van der Waals surface area contributed by atoms with Crippen molar-refractivity contribution >= 4 is 27.3 Å². The van der Waals surface area contributed by atoms with Crippen LogP contribution in [0.3, 0.4) is 0 Å². The summed E-state index contributed by atoms with van der Waals surface area (Å²) in [5.41, 5.74) is 1.13. The highest BCUT2D eigenvalue weighted by Crippen LogP contribution is 2.27. The van der Waals surface area contributed by atoms with Crippen LogP contribution in [0, 0.1) is 18.8 Å². The molecular formula is C19H25N3O3S2. The minimum absolute atomic E-state index is 0.168. The van der Waals surface area contributed by atoms with Crippen LogP contribution in [-0.2, 0) is 16.6 Å². The lowest BCUT2D eigenvalue weighted by molar-refractivity contribution is 0.0950. The second kappa shape index (κ2) is 8.08. The topological polar surface area (TPSA) is 79.4 Å². The first-order valence-electron chi connectivity index (χ1n) is 9.05. The number of benzene rings is 1. The number of aryl methyl sites for hydroxylation is 1. The Labute approximate surface area is 164 Å². The van der Waals surface area contributed by atoms with E-state index in [1.807, 2.05) is 12.3 Å². The van der Waals surface area contributed by atoms with Crippen LogP contribution in [0.2, 0.25) is 0 Å². The fraction of sp³-hybridized carbons (Fsp3) is 0.474. The first-order chi connectivity index (χ1) is 12.8. The summed E-state index contributed by atoms with van der Waals surface area (Å²) >= 11 is 1.53. The van der Waals surface area contributed by atoms with Crippen LogP contribution < -0.4 is 5.32 Å². The van der Waals surface area contributed by atoms with Gasteiger partial charge < -0.3 is 5.32 Å². The van der Waals surface area contributed by atoms with Crippen LogP contribution >= 0.6 is 11.3 Å². The largest absolute Gasteiger partial charge is 0.346 e. The molecule has 2 aromatic rings. The second-order valence-electron chi connectivity index (χ2n) is 7.34. The van der Waals surface area contributed by atoms with Crippen LogP contribution in [-0.4, -0.2) is 36.7 Å². The van der Waals surface area contributed by atoms with Gasteiger partial charge in [-0.05, 0) is 43.4 Å². The molecule has 2 unspecified atom stereocenters. The maximum Gasteiger partial charge on any atom is 0.251 e. The number of carbonyl (C=O) groups excluding carboxylic acids is 1. The minimum Gasteiger partial charge on any atom is -0.346 e. The summed E-state index contributed by atoms with van der Waals surface area (Å²) in [6.07, 6.45) is 1.03. The Bertz CT molecular complexity index is 914. The Kier molecular flexibility index (Phi) is 5.98. The van der Waals surface area contributed by atoms with Gasteiger partial charge >= 0.3 is 0 Å². The first-order valence-corrected chi connectivity index (χ1v) is 11.4. The van der Waals surface area contributed by atoms with Gasteiger partial charge in [-0.1, -0.05) is 19.9 Å². The van der Waals surface area contributed by atoms with Crippen LogP contribution in [0.1, 0.15) is 41.3 Å². The van der Waals surface area contributed by atoms with Crippen LogP contribution in [0.25, 0.3) is 0 Å². The number of amides is 1. The quantitative estimate of drug-likeness (QED) is 0.826. The Balaban J connectivity index is 1.75. The summed E-state index contributed by atoms with van der Waals surface area (Å²) < 4.78 is 27.6. The predicted octanol–water partition coefficient (Wildman–Crippen LogP) is 3.05. The zero-order valence-corrected chi connectivity index (χ0v) is 17.4. The van der Waals surface area contributed by atoms with E-state index < -0.39 is 10.0 Å². The molecule has 1 aliphatic rings. The number of piperidine rings is 1. The third kappa shape index (κ3) is 4.75. The Morgan fingerprint density at radius 3 is 2.63 bits per heavy atom. The van der Waals surface area contributed by atoms with Crippen LogP contribution in [0.15, 0.2) is 34.5 Å². The molecular weight excluding hydrogens is 382 g/mol. The fourth-order valence-corrected chi connectivity index (χ4v) is 5.85. The van der Waals surface area contributed by atoms with E-state index in [2.05, 4.69) is 24.1 Å². The molecule has 3 rings (SSSR count). The fourth-order valence-electron chi connectivity index (χ4n) is 3.51. The molecule has 0 radical (unpaired) electrons. The standard InChI is InChI=1S/C19H25N3O3S2/c1-13-7-14(2)11-22(10-13)27(24,25)18-6-4-5-16(8-18)19(23)20-9-17-12-26-15(3)21-17/h4-6,8,12-14H,7,9-11H2,1-3H3,(H,20,23). The van der Waals surface area contributed by atoms with Gasteiger partial charge in [0.1, 0.15) is 0 Å². The van der Waals surface area contributed by atoms with Crippen molar-refractivity contribution in [3.05, 3.63) is 45.9 Å². The molecule has 0 aliphatic carbocycles. The van der Waals surface area contributed by atoms with Crippen LogP contribution in [0.4, 0.5) is 0 Å². The number of hydrogen-bond donors (Lipinski definition) is 1. The van der Waals surface area contributed by atoms with Gasteiger partial charge in [-0.25, -0.2) is 13.4 Å². The van der Waals surface area contributed by atoms with E-state index in [-0.39, 0.29) is 10.8 Å². The van der Waals surface area contributed by atoms with Crippen molar-refractivity contribution in [2.45, 2.75) is 38.6 Å². The molecule has 6 nitrogen and oxygen atoms in total. The molecule has 0 saturated carbocycles. The molecule has 0 spiro atoms. The van der Waals surface area contributed by atoms with Gasteiger partial charge in [0, 0.05) is 24.0 Å². The average Bonchev–Trinajstić information content (AvgIpc) is 3.04. The van der Waals surface area contributed by atoms with Gasteiger partial charge in [-0.15, -0.1) is 11.3 Å². The number of thiazole rings is 1. The number of hydrogen-bond acceptors (Lipinski definition) is 5. The normalized spacial score (nSPS) is 21.1. The number of sulfonamides is 1. The lowest BCUT2D eigenvalue weighted by Crippen LogP contribution is -2.42. The molecule has 1 N–H and O–H groups in total. The Morgan fingerprint density at radius 1 is 1.30 bits per heavy atom. The molecule has 0 bridgehead atoms. The Hall–Kier alpha value is -1.77. The van der Waals surface area contributed by atoms with E-state index in [1.54, 1.807) is 22.5 Å². The van der Waals surface area contributed by atoms with Gasteiger partial charge in [-0.2, -0.15) is 4.31 Å². The highest BCUT2D eigenvalue weighted by atomic mass is 32.2. The maximum absolute atomic E-state index is 13.0. The highest BCUT2D eigenvalue weighted by Gasteiger charge is 2.31. The van der Waals surface area contributed by atoms with Crippen molar-refractivity contribution in [1.82, 2.24) is 14.6 Å². The summed E-state index contributed by atoms with van der Waals surface area (Å²) in [7, 11) is -3.61. The average molecular weight is 408 g/mol. The van der Waals surface area contributed by atoms with E-state index in [0.717, 1.165) is 17.1 Å². The van der Waals surface area contributed by atoms with Gasteiger partial charge in [-0.3, -0.25) is 4.79 Å². The molecule has 1 aromatic heterocycles. The third-order valence-electron chi connectivity index (χ3n) is 4.67. The van der Waals surface area contributed by atoms with Crippen molar-refractivity contribution in [3.8, 4) is 0 Å². The van der Waals surface area contributed by atoms with E-state index in [9.17, 15) is 13.2 Å². The molecule has 1 amide bonds. The monoisotopic (exact) mass is 407 g/mol. The molecule has 146 valence electrons. The summed E-state index contributed by atoms with van der Waals surface area (Å²) in [4.78, 5) is 16.9. The van der Waals surface area contributed by atoms with Crippen molar-refractivity contribution in [1.29, 1.82) is 0 Å². The van der Waals surface area contributed by atoms with E-state index in [1.165, 1.54) is 17.4 Å². The number of carbonyl (C=O) groups is 1. The van der Waals surface area contributed by atoms with Gasteiger partial charge in [0.05, 0.1) is 22.1 Å². The van der Waals surface area contributed by atoms with Crippen molar-refractivity contribution in [2.75, 3.05) is 13.1 Å². The second-order valence-corrected chi connectivity index (χ2v) is 10.3. The highest BCUT2D eigenvalue weighted by molar-refractivity contribution is 7.89. The summed E-state index contributed by atoms with van der Waals surface area (Å²) in [5, 5.41) is 5.64.